The first-order chi connectivity index (χ1) is 10.6. The Morgan fingerprint density at radius 1 is 1.41 bits per heavy atom. The molecule has 0 radical (unpaired) electrons. The fourth-order valence-electron chi connectivity index (χ4n) is 1.65. The van der Waals surface area contributed by atoms with Crippen LogP contribution < -0.4 is 10.5 Å². The first-order valence-electron chi connectivity index (χ1n) is 6.22. The summed E-state index contributed by atoms with van der Waals surface area (Å²) in [5, 5.41) is 18.5. The lowest BCUT2D eigenvalue weighted by molar-refractivity contribution is -0.385. The minimum Gasteiger partial charge on any atom is -0.490 e. The number of hydrogen-bond donors (Lipinski definition) is 1. The smallest absolute Gasteiger partial charge is 0.311 e. The highest BCUT2D eigenvalue weighted by molar-refractivity contribution is 5.96. The van der Waals surface area contributed by atoms with Crippen LogP contribution in [0.25, 0.3) is 0 Å². The molecule has 8 heteroatoms. The zero-order chi connectivity index (χ0) is 15.9. The third-order valence-electron chi connectivity index (χ3n) is 2.70. The molecular weight excluding hydrogens is 286 g/mol. The number of benzene rings is 1. The van der Waals surface area contributed by atoms with Crippen LogP contribution in [0.3, 0.4) is 0 Å². The van der Waals surface area contributed by atoms with E-state index in [2.05, 4.69) is 15.2 Å². The van der Waals surface area contributed by atoms with Gasteiger partial charge >= 0.3 is 5.69 Å². The normalized spacial score (nSPS) is 11.6. The number of pyridine rings is 1. The van der Waals surface area contributed by atoms with E-state index in [9.17, 15) is 10.1 Å². The summed E-state index contributed by atoms with van der Waals surface area (Å²) in [6.07, 6.45) is 2.95. The van der Waals surface area contributed by atoms with E-state index in [-0.39, 0.29) is 17.3 Å². The standard InChI is InChI=1S/C14H13N5O3/c1-22-13-6-5-10(8-12(13)19(20)21)9-17-18-14(15)11-4-2-3-7-16-11/h2-9H,1H3,(H2,15,18). The van der Waals surface area contributed by atoms with E-state index < -0.39 is 4.92 Å². The summed E-state index contributed by atoms with van der Waals surface area (Å²) < 4.78 is 4.92. The molecule has 0 aliphatic heterocycles. The van der Waals surface area contributed by atoms with Crippen LogP contribution >= 0.6 is 0 Å². The lowest BCUT2D eigenvalue weighted by atomic mass is 10.2. The van der Waals surface area contributed by atoms with Crippen LogP contribution in [0.4, 0.5) is 5.69 Å². The number of aromatic nitrogens is 1. The first-order valence-corrected chi connectivity index (χ1v) is 6.22. The fraction of sp³-hybridized carbons (Fsp3) is 0.0714. The Labute approximate surface area is 126 Å². The third-order valence-corrected chi connectivity index (χ3v) is 2.70. The number of rotatable bonds is 5. The summed E-state index contributed by atoms with van der Waals surface area (Å²) >= 11 is 0. The highest BCUT2D eigenvalue weighted by Crippen LogP contribution is 2.26. The Hall–Kier alpha value is -3.29. The number of ether oxygens (including phenoxy) is 1. The molecule has 1 aromatic heterocycles. The molecule has 112 valence electrons. The van der Waals surface area contributed by atoms with Gasteiger partial charge in [-0.15, -0.1) is 5.10 Å². The summed E-state index contributed by atoms with van der Waals surface area (Å²) in [5.41, 5.74) is 6.59. The van der Waals surface area contributed by atoms with Crippen molar-refractivity contribution in [2.24, 2.45) is 15.9 Å². The molecule has 2 rings (SSSR count). The molecule has 2 aromatic rings. The highest BCUT2D eigenvalue weighted by Gasteiger charge is 2.14. The van der Waals surface area contributed by atoms with Gasteiger partial charge in [0.15, 0.2) is 11.6 Å². The summed E-state index contributed by atoms with van der Waals surface area (Å²) in [6.45, 7) is 0. The Kier molecular flexibility index (Phi) is 4.76. The second kappa shape index (κ2) is 6.93. The van der Waals surface area contributed by atoms with Gasteiger partial charge in [-0.05, 0) is 24.3 Å². The van der Waals surface area contributed by atoms with Gasteiger partial charge in [0.25, 0.3) is 0 Å². The maximum atomic E-state index is 10.9. The van der Waals surface area contributed by atoms with E-state index in [1.54, 1.807) is 30.5 Å². The molecule has 2 N–H and O–H groups in total. The number of methoxy groups -OCH3 is 1. The summed E-state index contributed by atoms with van der Waals surface area (Å²) in [4.78, 5) is 14.4. The van der Waals surface area contributed by atoms with Crippen molar-refractivity contribution in [3.63, 3.8) is 0 Å². The number of nitrogens with zero attached hydrogens (tertiary/aromatic N) is 4. The molecule has 1 heterocycles. The molecule has 0 atom stereocenters. The van der Waals surface area contributed by atoms with Gasteiger partial charge in [-0.2, -0.15) is 5.10 Å². The molecule has 0 unspecified atom stereocenters. The number of hydrogen-bond acceptors (Lipinski definition) is 6. The van der Waals surface area contributed by atoms with Crippen molar-refractivity contribution in [2.75, 3.05) is 7.11 Å². The van der Waals surface area contributed by atoms with Gasteiger partial charge in [-0.25, -0.2) is 0 Å². The predicted molar refractivity (Wildman–Crippen MR) is 82.2 cm³/mol. The number of nitrogens with two attached hydrogens (primary N) is 1. The maximum Gasteiger partial charge on any atom is 0.311 e. The lowest BCUT2D eigenvalue weighted by Gasteiger charge is -2.01. The van der Waals surface area contributed by atoms with Crippen molar-refractivity contribution < 1.29 is 9.66 Å². The third kappa shape index (κ3) is 3.63. The molecule has 0 spiro atoms. The molecule has 0 aliphatic carbocycles. The Balaban J connectivity index is 2.20. The van der Waals surface area contributed by atoms with Crippen LogP contribution in [0.5, 0.6) is 5.75 Å². The van der Waals surface area contributed by atoms with Gasteiger partial charge in [-0.1, -0.05) is 6.07 Å². The van der Waals surface area contributed by atoms with Crippen molar-refractivity contribution in [3.05, 3.63) is 64.0 Å². The predicted octanol–water partition coefficient (Wildman–Crippen LogP) is 1.74. The van der Waals surface area contributed by atoms with Gasteiger partial charge in [0, 0.05) is 17.8 Å². The van der Waals surface area contributed by atoms with Crippen LogP contribution in [0.15, 0.2) is 52.8 Å². The van der Waals surface area contributed by atoms with Gasteiger partial charge < -0.3 is 10.5 Å². The van der Waals surface area contributed by atoms with Gasteiger partial charge in [0.2, 0.25) is 0 Å². The second-order valence-electron chi connectivity index (χ2n) is 4.13. The topological polar surface area (TPSA) is 116 Å². The average molecular weight is 299 g/mol. The Morgan fingerprint density at radius 2 is 2.23 bits per heavy atom. The average Bonchev–Trinajstić information content (AvgIpc) is 2.55. The molecule has 0 saturated heterocycles. The second-order valence-corrected chi connectivity index (χ2v) is 4.13. The molecule has 1 aromatic carbocycles. The molecule has 0 fully saturated rings. The minimum atomic E-state index is -0.526. The van der Waals surface area contributed by atoms with Gasteiger partial charge in [-0.3, -0.25) is 15.1 Å². The summed E-state index contributed by atoms with van der Waals surface area (Å²) in [5.74, 6) is 0.332. The monoisotopic (exact) mass is 299 g/mol. The van der Waals surface area contributed by atoms with Gasteiger partial charge in [0.05, 0.1) is 18.2 Å². The van der Waals surface area contributed by atoms with Crippen LogP contribution in [0.2, 0.25) is 0 Å². The molecule has 0 aliphatic rings. The molecule has 8 nitrogen and oxygen atoms in total. The van der Waals surface area contributed by atoms with E-state index in [4.69, 9.17) is 10.5 Å². The zero-order valence-electron chi connectivity index (χ0n) is 11.7. The van der Waals surface area contributed by atoms with Crippen LogP contribution in [-0.4, -0.2) is 29.1 Å². The highest BCUT2D eigenvalue weighted by atomic mass is 16.6. The van der Waals surface area contributed by atoms with E-state index in [1.165, 1.54) is 25.5 Å². The van der Waals surface area contributed by atoms with Crippen LogP contribution in [-0.2, 0) is 0 Å². The molecular formula is C14H13N5O3. The first kappa shape index (κ1) is 15.1. The van der Waals surface area contributed by atoms with E-state index in [0.29, 0.717) is 11.3 Å². The number of nitro groups is 1. The lowest BCUT2D eigenvalue weighted by Crippen LogP contribution is -2.14. The molecule has 0 amide bonds. The van der Waals surface area contributed by atoms with Crippen molar-refractivity contribution >= 4 is 17.7 Å². The Bertz CT molecular complexity index is 729. The van der Waals surface area contributed by atoms with Crippen molar-refractivity contribution in [1.29, 1.82) is 0 Å². The molecule has 22 heavy (non-hydrogen) atoms. The van der Waals surface area contributed by atoms with Crippen LogP contribution in [0.1, 0.15) is 11.3 Å². The van der Waals surface area contributed by atoms with E-state index >= 15 is 0 Å². The largest absolute Gasteiger partial charge is 0.490 e. The van der Waals surface area contributed by atoms with E-state index in [0.717, 1.165) is 0 Å². The number of amidine groups is 1. The van der Waals surface area contributed by atoms with Crippen molar-refractivity contribution in [3.8, 4) is 5.75 Å². The quantitative estimate of drug-likeness (QED) is 0.390. The molecule has 0 saturated carbocycles. The van der Waals surface area contributed by atoms with E-state index in [1.807, 2.05) is 0 Å². The summed E-state index contributed by atoms with van der Waals surface area (Å²) in [6, 6.07) is 9.70. The Morgan fingerprint density at radius 3 is 2.86 bits per heavy atom. The number of nitro benzene ring substituents is 1. The zero-order valence-corrected chi connectivity index (χ0v) is 11.7. The minimum absolute atomic E-state index is 0.145. The SMILES string of the molecule is COc1ccc(C=NN=C(N)c2ccccn2)cc1[N+](=O)[O-]. The fourth-order valence-corrected chi connectivity index (χ4v) is 1.65. The van der Waals surface area contributed by atoms with Crippen molar-refractivity contribution in [2.45, 2.75) is 0 Å². The maximum absolute atomic E-state index is 10.9. The van der Waals surface area contributed by atoms with Crippen molar-refractivity contribution in [1.82, 2.24) is 4.98 Å². The molecule has 0 bridgehead atoms. The summed E-state index contributed by atoms with van der Waals surface area (Å²) in [7, 11) is 1.37. The van der Waals surface area contributed by atoms with Gasteiger partial charge in [0.1, 0.15) is 5.69 Å². The van der Waals surface area contributed by atoms with Crippen LogP contribution in [0, 0.1) is 10.1 Å².